The fourth-order valence-electron chi connectivity index (χ4n) is 1.07. The van der Waals surface area contributed by atoms with Gasteiger partial charge in [-0.25, -0.2) is 0 Å². The van der Waals surface area contributed by atoms with E-state index in [2.05, 4.69) is 15.6 Å². The normalized spacial score (nSPS) is 12.0. The third-order valence-corrected chi connectivity index (χ3v) is 2.20. The minimum absolute atomic E-state index is 0.329. The minimum atomic E-state index is -1.07. The molecule has 15 heavy (non-hydrogen) atoms. The molecule has 7 nitrogen and oxygen atoms in total. The summed E-state index contributed by atoms with van der Waals surface area (Å²) in [5.41, 5.74) is -0.394. The van der Waals surface area contributed by atoms with E-state index in [1.165, 1.54) is 0 Å². The van der Waals surface area contributed by atoms with Crippen molar-refractivity contribution in [2.45, 2.75) is 12.1 Å². The van der Waals surface area contributed by atoms with Crippen molar-refractivity contribution >= 4 is 0 Å². The maximum atomic E-state index is 9.04. The first-order chi connectivity index (χ1) is 7.15. The van der Waals surface area contributed by atoms with Crippen molar-refractivity contribution in [3.8, 4) is 0 Å². The van der Waals surface area contributed by atoms with E-state index in [1.807, 2.05) is 0 Å². The highest BCUT2D eigenvalue weighted by Crippen LogP contribution is 2.03. The second-order valence-electron chi connectivity index (χ2n) is 3.49. The molecular formula is C8H16N4O3. The van der Waals surface area contributed by atoms with Gasteiger partial charge in [-0.2, -0.15) is 0 Å². The zero-order chi connectivity index (χ0) is 11.3. The van der Waals surface area contributed by atoms with Gasteiger partial charge in [0.25, 0.3) is 0 Å². The fourth-order valence-corrected chi connectivity index (χ4v) is 1.07. The van der Waals surface area contributed by atoms with Crippen LogP contribution in [0.3, 0.4) is 0 Å². The summed E-state index contributed by atoms with van der Waals surface area (Å²) in [5.74, 6) is 0. The quantitative estimate of drug-likeness (QED) is 0.423. The van der Waals surface area contributed by atoms with Crippen LogP contribution >= 0.6 is 0 Å². The van der Waals surface area contributed by atoms with Crippen LogP contribution in [0.5, 0.6) is 0 Å². The van der Waals surface area contributed by atoms with E-state index in [1.54, 1.807) is 17.9 Å². The van der Waals surface area contributed by atoms with Crippen LogP contribution in [0.1, 0.15) is 5.69 Å². The predicted octanol–water partition coefficient (Wildman–Crippen LogP) is -2.38. The summed E-state index contributed by atoms with van der Waals surface area (Å²) in [6.45, 7) is -0.712. The highest BCUT2D eigenvalue weighted by molar-refractivity contribution is 4.95. The number of aromatic nitrogens is 3. The molecule has 86 valence electrons. The Hall–Kier alpha value is -1.02. The lowest BCUT2D eigenvalue weighted by Gasteiger charge is -2.28. The lowest BCUT2D eigenvalue weighted by atomic mass is 10.0. The van der Waals surface area contributed by atoms with Gasteiger partial charge in [-0.1, -0.05) is 5.21 Å². The number of nitrogens with one attached hydrogen (secondary N) is 1. The number of nitrogens with zero attached hydrogens (tertiary/aromatic N) is 3. The highest BCUT2D eigenvalue weighted by atomic mass is 16.3. The van der Waals surface area contributed by atoms with E-state index in [0.29, 0.717) is 12.2 Å². The average Bonchev–Trinajstić information content (AvgIpc) is 2.67. The zero-order valence-corrected chi connectivity index (χ0v) is 8.59. The molecule has 0 saturated heterocycles. The van der Waals surface area contributed by atoms with E-state index >= 15 is 0 Å². The molecule has 0 aliphatic heterocycles. The molecule has 1 aromatic heterocycles. The van der Waals surface area contributed by atoms with Gasteiger partial charge in [-0.15, -0.1) is 5.10 Å². The molecule has 0 aliphatic carbocycles. The molecule has 0 bridgehead atoms. The summed E-state index contributed by atoms with van der Waals surface area (Å²) in [6, 6.07) is 0. The van der Waals surface area contributed by atoms with E-state index in [0.717, 1.165) is 0 Å². The van der Waals surface area contributed by atoms with Crippen molar-refractivity contribution in [3.05, 3.63) is 11.9 Å². The fraction of sp³-hybridized carbons (Fsp3) is 0.750. The molecule has 0 atom stereocenters. The molecule has 0 aromatic carbocycles. The Morgan fingerprint density at radius 3 is 2.33 bits per heavy atom. The maximum absolute atomic E-state index is 9.04. The van der Waals surface area contributed by atoms with Crippen LogP contribution in [0.4, 0.5) is 0 Å². The van der Waals surface area contributed by atoms with E-state index in [-0.39, 0.29) is 19.8 Å². The first kappa shape index (κ1) is 12.1. The Balaban J connectivity index is 2.54. The van der Waals surface area contributed by atoms with Gasteiger partial charge in [0, 0.05) is 19.8 Å². The molecule has 0 fully saturated rings. The van der Waals surface area contributed by atoms with Gasteiger partial charge in [-0.05, 0) is 0 Å². The van der Waals surface area contributed by atoms with E-state index < -0.39 is 5.54 Å². The Labute approximate surface area is 87.3 Å². The lowest BCUT2D eigenvalue weighted by Crippen LogP contribution is -2.54. The Bertz CT molecular complexity index is 290. The van der Waals surface area contributed by atoms with Crippen LogP contribution in [-0.2, 0) is 13.6 Å². The molecule has 1 heterocycles. The molecule has 0 saturated carbocycles. The van der Waals surface area contributed by atoms with Crippen LogP contribution in [0, 0.1) is 0 Å². The van der Waals surface area contributed by atoms with E-state index in [9.17, 15) is 0 Å². The molecule has 7 heteroatoms. The number of hydrogen-bond donors (Lipinski definition) is 4. The number of hydrogen-bond acceptors (Lipinski definition) is 6. The Kier molecular flexibility index (Phi) is 4.15. The van der Waals surface area contributed by atoms with Crippen LogP contribution in [0.15, 0.2) is 6.20 Å². The number of rotatable bonds is 6. The maximum Gasteiger partial charge on any atom is 0.0964 e. The summed E-state index contributed by atoms with van der Waals surface area (Å²) in [4.78, 5) is 0. The zero-order valence-electron chi connectivity index (χ0n) is 8.59. The first-order valence-electron chi connectivity index (χ1n) is 4.58. The second kappa shape index (κ2) is 5.17. The smallest absolute Gasteiger partial charge is 0.0964 e. The van der Waals surface area contributed by atoms with Crippen LogP contribution < -0.4 is 5.32 Å². The van der Waals surface area contributed by atoms with Crippen molar-refractivity contribution < 1.29 is 15.3 Å². The molecular weight excluding hydrogens is 200 g/mol. The van der Waals surface area contributed by atoms with Crippen molar-refractivity contribution in [2.75, 3.05) is 19.8 Å². The van der Waals surface area contributed by atoms with Gasteiger partial charge < -0.3 is 15.3 Å². The first-order valence-corrected chi connectivity index (χ1v) is 4.58. The van der Waals surface area contributed by atoms with Crippen molar-refractivity contribution in [1.82, 2.24) is 20.3 Å². The largest absolute Gasteiger partial charge is 0.394 e. The van der Waals surface area contributed by atoms with Gasteiger partial charge in [-0.3, -0.25) is 10.00 Å². The van der Waals surface area contributed by atoms with Gasteiger partial charge in [0.05, 0.1) is 31.1 Å². The molecule has 0 amide bonds. The second-order valence-corrected chi connectivity index (χ2v) is 3.49. The number of aliphatic hydroxyl groups excluding tert-OH is 3. The monoisotopic (exact) mass is 216 g/mol. The van der Waals surface area contributed by atoms with Crippen LogP contribution in [0.25, 0.3) is 0 Å². The standard InChI is InChI=1S/C8H16N4O3/c1-12-3-7(10-11-12)2-9-8(4-13,5-14)6-15/h3,9,13-15H,2,4-6H2,1H3. The summed E-state index contributed by atoms with van der Waals surface area (Å²) < 4.78 is 1.55. The molecule has 0 radical (unpaired) electrons. The Morgan fingerprint density at radius 1 is 1.33 bits per heavy atom. The molecule has 0 spiro atoms. The topological polar surface area (TPSA) is 103 Å². The molecule has 0 unspecified atom stereocenters. The molecule has 0 aliphatic rings. The van der Waals surface area contributed by atoms with Crippen LogP contribution in [0.2, 0.25) is 0 Å². The van der Waals surface area contributed by atoms with Gasteiger partial charge in [0.2, 0.25) is 0 Å². The summed E-state index contributed by atoms with van der Waals surface area (Å²) in [5, 5.41) is 37.5. The van der Waals surface area contributed by atoms with Gasteiger partial charge in [0.1, 0.15) is 0 Å². The minimum Gasteiger partial charge on any atom is -0.394 e. The van der Waals surface area contributed by atoms with Gasteiger partial charge >= 0.3 is 0 Å². The number of aryl methyl sites for hydroxylation is 1. The van der Waals surface area contributed by atoms with Crippen LogP contribution in [-0.4, -0.2) is 55.7 Å². The summed E-state index contributed by atoms with van der Waals surface area (Å²) in [7, 11) is 1.74. The average molecular weight is 216 g/mol. The molecule has 1 rings (SSSR count). The third-order valence-electron chi connectivity index (χ3n) is 2.20. The van der Waals surface area contributed by atoms with Gasteiger partial charge in [0.15, 0.2) is 0 Å². The molecule has 4 N–H and O–H groups in total. The summed E-state index contributed by atoms with van der Waals surface area (Å²) >= 11 is 0. The van der Waals surface area contributed by atoms with Crippen molar-refractivity contribution in [1.29, 1.82) is 0 Å². The molecule has 1 aromatic rings. The predicted molar refractivity (Wildman–Crippen MR) is 51.8 cm³/mol. The van der Waals surface area contributed by atoms with Crippen molar-refractivity contribution in [2.24, 2.45) is 7.05 Å². The van der Waals surface area contributed by atoms with E-state index in [4.69, 9.17) is 15.3 Å². The number of aliphatic hydroxyl groups is 3. The van der Waals surface area contributed by atoms with Crippen molar-refractivity contribution in [3.63, 3.8) is 0 Å². The Morgan fingerprint density at radius 2 is 1.93 bits per heavy atom. The summed E-state index contributed by atoms with van der Waals surface area (Å²) in [6.07, 6.45) is 1.71. The lowest BCUT2D eigenvalue weighted by molar-refractivity contribution is 0.0411. The highest BCUT2D eigenvalue weighted by Gasteiger charge is 2.27. The third kappa shape index (κ3) is 2.96. The SMILES string of the molecule is Cn1cc(CNC(CO)(CO)CO)nn1.